The monoisotopic (exact) mass is 440 g/mol. The predicted molar refractivity (Wildman–Crippen MR) is 106 cm³/mol. The first-order valence-corrected chi connectivity index (χ1v) is 9.61. The number of anilines is 1. The Balaban J connectivity index is 1.72. The third-order valence-corrected chi connectivity index (χ3v) is 5.21. The number of aliphatic hydroxyl groups is 1. The van der Waals surface area contributed by atoms with Crippen molar-refractivity contribution < 1.29 is 32.9 Å². The zero-order valence-corrected chi connectivity index (χ0v) is 16.9. The number of carboxylic acid groups (broad SMARTS) is 1. The van der Waals surface area contributed by atoms with E-state index in [4.69, 9.17) is 9.84 Å². The van der Waals surface area contributed by atoms with Gasteiger partial charge in [-0.3, -0.25) is 0 Å². The molecular formula is C20H23F3N4O4. The van der Waals surface area contributed by atoms with Gasteiger partial charge in [0.15, 0.2) is 6.10 Å². The number of alkyl halides is 3. The number of hydrogen-bond donors (Lipinski definition) is 4. The molecule has 1 aliphatic rings. The number of carboxylic acids is 1. The fourth-order valence-electron chi connectivity index (χ4n) is 3.54. The number of aliphatic carboxylic acids is 1. The number of rotatable bonds is 6. The van der Waals surface area contributed by atoms with E-state index in [1.54, 1.807) is 13.0 Å². The van der Waals surface area contributed by atoms with Gasteiger partial charge in [-0.15, -0.1) is 10.2 Å². The van der Waals surface area contributed by atoms with Crippen molar-refractivity contribution in [3.8, 4) is 17.0 Å². The minimum Gasteiger partial charge on any atom is -0.496 e. The molecule has 0 aliphatic carbocycles. The molecule has 0 radical (unpaired) electrons. The summed E-state index contributed by atoms with van der Waals surface area (Å²) in [5.41, 5.74) is 0.686. The van der Waals surface area contributed by atoms with Crippen molar-refractivity contribution in [2.75, 3.05) is 19.0 Å². The Bertz CT molecular complexity index is 947. The Morgan fingerprint density at radius 1 is 1.29 bits per heavy atom. The number of aromatic nitrogens is 2. The van der Waals surface area contributed by atoms with Crippen molar-refractivity contribution in [3.63, 3.8) is 0 Å². The molecule has 8 nitrogen and oxygen atoms in total. The number of methoxy groups -OCH3 is 1. The van der Waals surface area contributed by atoms with Crippen molar-refractivity contribution in [2.45, 2.75) is 44.1 Å². The molecule has 1 aromatic carbocycles. The molecule has 0 spiro atoms. The van der Waals surface area contributed by atoms with Gasteiger partial charge in [0, 0.05) is 24.2 Å². The van der Waals surface area contributed by atoms with Gasteiger partial charge in [0.1, 0.15) is 11.6 Å². The maximum absolute atomic E-state index is 13.0. The number of halogens is 3. The predicted octanol–water partition coefficient (Wildman–Crippen LogP) is 2.46. The van der Waals surface area contributed by atoms with Crippen LogP contribution in [0, 0.1) is 6.92 Å². The van der Waals surface area contributed by atoms with Crippen molar-refractivity contribution >= 4 is 11.8 Å². The molecule has 1 saturated heterocycles. The average Bonchev–Trinajstić information content (AvgIpc) is 2.73. The van der Waals surface area contributed by atoms with Crippen LogP contribution < -0.4 is 15.4 Å². The zero-order chi connectivity index (χ0) is 22.8. The van der Waals surface area contributed by atoms with Crippen molar-refractivity contribution in [1.29, 1.82) is 0 Å². The lowest BCUT2D eigenvalue weighted by molar-refractivity contribution is -0.148. The molecule has 2 heterocycles. The summed E-state index contributed by atoms with van der Waals surface area (Å²) in [5.74, 6) is -0.733. The lowest BCUT2D eigenvalue weighted by Gasteiger charge is -2.31. The summed E-state index contributed by atoms with van der Waals surface area (Å²) in [4.78, 5) is 10.9. The van der Waals surface area contributed by atoms with Gasteiger partial charge in [-0.25, -0.2) is 4.79 Å². The van der Waals surface area contributed by atoms with E-state index in [0.29, 0.717) is 42.0 Å². The van der Waals surface area contributed by atoms with Crippen LogP contribution in [-0.4, -0.2) is 58.2 Å². The van der Waals surface area contributed by atoms with E-state index in [2.05, 4.69) is 20.8 Å². The Morgan fingerprint density at radius 3 is 2.58 bits per heavy atom. The summed E-state index contributed by atoms with van der Waals surface area (Å²) >= 11 is 0. The maximum atomic E-state index is 13.0. The summed E-state index contributed by atoms with van der Waals surface area (Å²) in [6.07, 6.45) is -4.84. The molecule has 11 heteroatoms. The van der Waals surface area contributed by atoms with Crippen LogP contribution in [0.5, 0.6) is 5.75 Å². The fraction of sp³-hybridized carbons (Fsp3) is 0.450. The second kappa shape index (κ2) is 9.06. The van der Waals surface area contributed by atoms with Gasteiger partial charge in [0.05, 0.1) is 18.4 Å². The molecule has 2 unspecified atom stereocenters. The first kappa shape index (κ1) is 22.8. The van der Waals surface area contributed by atoms with Crippen LogP contribution in [0.15, 0.2) is 24.3 Å². The molecule has 2 aromatic rings. The largest absolute Gasteiger partial charge is 0.496 e. The van der Waals surface area contributed by atoms with E-state index >= 15 is 0 Å². The highest BCUT2D eigenvalue weighted by Gasteiger charge is 2.32. The SMILES string of the molecule is COc1cc(C(F)(F)F)ccc1-c1nnc(N[C@@H]2CCC(C(O)C(=O)O)NC2)cc1C. The number of nitrogens with one attached hydrogen (secondary N) is 2. The fourth-order valence-corrected chi connectivity index (χ4v) is 3.54. The van der Waals surface area contributed by atoms with E-state index in [1.807, 2.05) is 0 Å². The van der Waals surface area contributed by atoms with Crippen LogP contribution in [0.2, 0.25) is 0 Å². The Morgan fingerprint density at radius 2 is 2.03 bits per heavy atom. The molecule has 3 atom stereocenters. The Kier molecular flexibility index (Phi) is 6.65. The topological polar surface area (TPSA) is 117 Å². The molecule has 1 fully saturated rings. The Labute approximate surface area is 176 Å². The van der Waals surface area contributed by atoms with Gasteiger partial charge >= 0.3 is 12.1 Å². The highest BCUT2D eigenvalue weighted by Crippen LogP contribution is 2.37. The van der Waals surface area contributed by atoms with Crippen molar-refractivity contribution in [3.05, 3.63) is 35.4 Å². The molecule has 3 rings (SSSR count). The quantitative estimate of drug-likeness (QED) is 0.541. The maximum Gasteiger partial charge on any atom is 0.416 e. The minimum atomic E-state index is -4.48. The van der Waals surface area contributed by atoms with Gasteiger partial charge in [-0.2, -0.15) is 13.2 Å². The van der Waals surface area contributed by atoms with Gasteiger partial charge < -0.3 is 25.6 Å². The van der Waals surface area contributed by atoms with E-state index < -0.39 is 29.9 Å². The second-order valence-corrected chi connectivity index (χ2v) is 7.39. The van der Waals surface area contributed by atoms with Gasteiger partial charge in [-0.05, 0) is 49.6 Å². The summed E-state index contributed by atoms with van der Waals surface area (Å²) in [6.45, 7) is 2.20. The molecule has 0 saturated carbocycles. The van der Waals surface area contributed by atoms with E-state index in [-0.39, 0.29) is 11.8 Å². The summed E-state index contributed by atoms with van der Waals surface area (Å²) in [5, 5.41) is 33.0. The lowest BCUT2D eigenvalue weighted by atomic mass is 9.96. The number of hydrogen-bond acceptors (Lipinski definition) is 7. The zero-order valence-electron chi connectivity index (χ0n) is 16.9. The molecule has 0 bridgehead atoms. The Hall–Kier alpha value is -2.92. The van der Waals surface area contributed by atoms with Gasteiger partial charge in [0.2, 0.25) is 0 Å². The molecule has 1 aliphatic heterocycles. The summed E-state index contributed by atoms with van der Waals surface area (Å²) in [7, 11) is 1.29. The number of aliphatic hydroxyl groups excluding tert-OH is 1. The minimum absolute atomic E-state index is 0.0441. The summed E-state index contributed by atoms with van der Waals surface area (Å²) < 4.78 is 44.0. The van der Waals surface area contributed by atoms with Gasteiger partial charge in [0.25, 0.3) is 0 Å². The third kappa shape index (κ3) is 5.23. The van der Waals surface area contributed by atoms with E-state index in [9.17, 15) is 23.1 Å². The van der Waals surface area contributed by atoms with Crippen LogP contribution in [-0.2, 0) is 11.0 Å². The average molecular weight is 440 g/mol. The molecule has 1 aromatic heterocycles. The van der Waals surface area contributed by atoms with Crippen LogP contribution in [0.1, 0.15) is 24.0 Å². The van der Waals surface area contributed by atoms with Crippen LogP contribution in [0.3, 0.4) is 0 Å². The van der Waals surface area contributed by atoms with Crippen molar-refractivity contribution in [2.24, 2.45) is 0 Å². The molecular weight excluding hydrogens is 417 g/mol. The molecule has 168 valence electrons. The highest BCUT2D eigenvalue weighted by atomic mass is 19.4. The number of nitrogens with zero attached hydrogens (tertiary/aromatic N) is 2. The normalized spacial score (nSPS) is 20.2. The first-order valence-electron chi connectivity index (χ1n) is 9.61. The molecule has 31 heavy (non-hydrogen) atoms. The first-order chi connectivity index (χ1) is 14.6. The third-order valence-electron chi connectivity index (χ3n) is 5.21. The number of benzene rings is 1. The molecule has 0 amide bonds. The number of carbonyl (C=O) groups is 1. The van der Waals surface area contributed by atoms with Crippen molar-refractivity contribution in [1.82, 2.24) is 15.5 Å². The van der Waals surface area contributed by atoms with Crippen LogP contribution in [0.25, 0.3) is 11.3 Å². The van der Waals surface area contributed by atoms with Crippen LogP contribution >= 0.6 is 0 Å². The standard InChI is InChI=1S/C20H23F3N4O4/c1-10-7-16(25-12-4-6-14(24-9-12)18(28)19(29)30)26-27-17(10)13-5-3-11(20(21,22)23)8-15(13)31-2/h3,5,7-8,12,14,18,24,28H,4,6,9H2,1-2H3,(H,25,26)(H,29,30)/t12-,14?,18?/m1/s1. The van der Waals surface area contributed by atoms with Crippen LogP contribution in [0.4, 0.5) is 19.0 Å². The van der Waals surface area contributed by atoms with E-state index in [0.717, 1.165) is 12.1 Å². The van der Waals surface area contributed by atoms with Gasteiger partial charge in [-0.1, -0.05) is 0 Å². The highest BCUT2D eigenvalue weighted by molar-refractivity contribution is 5.73. The number of piperidine rings is 1. The van der Waals surface area contributed by atoms with E-state index in [1.165, 1.54) is 13.2 Å². The number of ether oxygens (including phenoxy) is 1. The number of aryl methyl sites for hydroxylation is 1. The molecule has 4 N–H and O–H groups in total. The lowest BCUT2D eigenvalue weighted by Crippen LogP contribution is -2.52. The second-order valence-electron chi connectivity index (χ2n) is 7.39. The smallest absolute Gasteiger partial charge is 0.416 e. The summed E-state index contributed by atoms with van der Waals surface area (Å²) in [6, 6.07) is 4.39.